The lowest BCUT2D eigenvalue weighted by atomic mass is 9.77. The summed E-state index contributed by atoms with van der Waals surface area (Å²) < 4.78 is 12.5. The van der Waals surface area contributed by atoms with Gasteiger partial charge in [-0.05, 0) is 37.5 Å². The average Bonchev–Trinajstić information content (AvgIpc) is 2.93. The van der Waals surface area contributed by atoms with E-state index in [-0.39, 0.29) is 6.29 Å². The normalized spacial score (nSPS) is 35.8. The Morgan fingerprint density at radius 2 is 1.11 bits per heavy atom. The van der Waals surface area contributed by atoms with Crippen LogP contribution in [0.2, 0.25) is 0 Å². The molecule has 2 saturated carbocycles. The summed E-state index contributed by atoms with van der Waals surface area (Å²) in [4.78, 5) is 0. The van der Waals surface area contributed by atoms with E-state index in [1.165, 1.54) is 64.2 Å². The molecule has 0 spiro atoms. The van der Waals surface area contributed by atoms with E-state index in [9.17, 15) is 0 Å². The van der Waals surface area contributed by atoms with E-state index in [2.05, 4.69) is 15.9 Å². The van der Waals surface area contributed by atoms with Crippen LogP contribution in [0.1, 0.15) is 64.2 Å². The minimum atomic E-state index is -0.00106. The van der Waals surface area contributed by atoms with Crippen LogP contribution in [0.25, 0.3) is 0 Å². The van der Waals surface area contributed by atoms with Crippen LogP contribution < -0.4 is 0 Å². The number of hydrogen-bond acceptors (Lipinski definition) is 2. The molecule has 0 unspecified atom stereocenters. The number of alkyl halides is 1. The third-order valence-electron chi connectivity index (χ3n) is 5.30. The zero-order valence-electron chi connectivity index (χ0n) is 11.9. The van der Waals surface area contributed by atoms with Gasteiger partial charge in [0.25, 0.3) is 0 Å². The second-order valence-electron chi connectivity index (χ2n) is 6.58. The summed E-state index contributed by atoms with van der Waals surface area (Å²) in [6.07, 6.45) is 14.6. The minimum Gasteiger partial charge on any atom is -0.346 e. The Morgan fingerprint density at radius 1 is 0.684 bits per heavy atom. The number of rotatable bonds is 3. The van der Waals surface area contributed by atoms with Gasteiger partial charge in [-0.3, -0.25) is 0 Å². The van der Waals surface area contributed by atoms with Gasteiger partial charge in [-0.2, -0.15) is 0 Å². The maximum atomic E-state index is 6.25. The highest BCUT2D eigenvalue weighted by molar-refractivity contribution is 9.09. The molecule has 0 radical (unpaired) electrons. The van der Waals surface area contributed by atoms with E-state index in [1.807, 2.05) is 0 Å². The van der Waals surface area contributed by atoms with Crippen LogP contribution in [-0.2, 0) is 9.47 Å². The Morgan fingerprint density at radius 3 is 1.47 bits per heavy atom. The monoisotopic (exact) mass is 330 g/mol. The molecule has 0 N–H and O–H groups in total. The fraction of sp³-hybridized carbons (Fsp3) is 1.00. The van der Waals surface area contributed by atoms with Crippen LogP contribution in [0, 0.1) is 11.8 Å². The van der Waals surface area contributed by atoms with E-state index >= 15 is 0 Å². The Hall–Kier alpha value is 0.400. The Labute approximate surface area is 125 Å². The van der Waals surface area contributed by atoms with Gasteiger partial charge in [0, 0.05) is 0 Å². The molecular weight excluding hydrogens is 304 g/mol. The first-order valence-corrected chi connectivity index (χ1v) is 9.37. The van der Waals surface area contributed by atoms with Crippen molar-refractivity contribution in [3.63, 3.8) is 0 Å². The smallest absolute Gasteiger partial charge is 0.168 e. The van der Waals surface area contributed by atoms with Crippen molar-refractivity contribution >= 4 is 15.9 Å². The van der Waals surface area contributed by atoms with Gasteiger partial charge in [-0.1, -0.05) is 54.5 Å². The quantitative estimate of drug-likeness (QED) is 0.701. The SMILES string of the molecule is BrCC1O[C@H](C2CCCCC2)[C@@H](C2CCCCC2)O1. The lowest BCUT2D eigenvalue weighted by Crippen LogP contribution is -2.38. The average molecular weight is 331 g/mol. The van der Waals surface area contributed by atoms with Crippen molar-refractivity contribution in [2.75, 3.05) is 5.33 Å². The van der Waals surface area contributed by atoms with Crippen molar-refractivity contribution in [1.82, 2.24) is 0 Å². The molecule has 3 fully saturated rings. The van der Waals surface area contributed by atoms with Crippen LogP contribution in [0.3, 0.4) is 0 Å². The molecule has 2 aliphatic carbocycles. The van der Waals surface area contributed by atoms with Crippen molar-refractivity contribution in [2.24, 2.45) is 11.8 Å². The predicted molar refractivity (Wildman–Crippen MR) is 80.5 cm³/mol. The summed E-state index contributed by atoms with van der Waals surface area (Å²) in [5.74, 6) is 1.51. The Bertz CT molecular complexity index is 246. The summed E-state index contributed by atoms with van der Waals surface area (Å²) >= 11 is 3.53. The summed E-state index contributed by atoms with van der Waals surface area (Å²) in [6, 6.07) is 0. The number of ether oxygens (including phenoxy) is 2. The van der Waals surface area contributed by atoms with Gasteiger partial charge in [0.1, 0.15) is 0 Å². The van der Waals surface area contributed by atoms with Crippen molar-refractivity contribution < 1.29 is 9.47 Å². The fourth-order valence-corrected chi connectivity index (χ4v) is 4.60. The first-order chi connectivity index (χ1) is 9.38. The van der Waals surface area contributed by atoms with Crippen molar-refractivity contribution in [3.05, 3.63) is 0 Å². The third kappa shape index (κ3) is 3.36. The molecule has 110 valence electrons. The maximum absolute atomic E-state index is 6.25. The zero-order valence-corrected chi connectivity index (χ0v) is 13.4. The second kappa shape index (κ2) is 6.91. The summed E-state index contributed by atoms with van der Waals surface area (Å²) in [6.45, 7) is 0. The van der Waals surface area contributed by atoms with E-state index in [0.717, 1.165) is 17.2 Å². The van der Waals surface area contributed by atoms with Crippen LogP contribution in [0.15, 0.2) is 0 Å². The largest absolute Gasteiger partial charge is 0.346 e. The van der Waals surface area contributed by atoms with Crippen LogP contribution >= 0.6 is 15.9 Å². The highest BCUT2D eigenvalue weighted by Crippen LogP contribution is 2.41. The van der Waals surface area contributed by atoms with Gasteiger partial charge >= 0.3 is 0 Å². The molecule has 0 aromatic rings. The third-order valence-corrected chi connectivity index (χ3v) is 5.83. The van der Waals surface area contributed by atoms with E-state index in [0.29, 0.717) is 12.2 Å². The lowest BCUT2D eigenvalue weighted by molar-refractivity contribution is -0.0599. The van der Waals surface area contributed by atoms with Gasteiger partial charge < -0.3 is 9.47 Å². The molecule has 0 aromatic heterocycles. The molecule has 1 aliphatic heterocycles. The van der Waals surface area contributed by atoms with Gasteiger partial charge in [0.15, 0.2) is 6.29 Å². The molecule has 0 amide bonds. The first kappa shape index (κ1) is 14.3. The molecule has 3 aliphatic rings. The standard InChI is InChI=1S/C16H27BrO2/c17-11-14-18-15(12-7-3-1-4-8-12)16(19-14)13-9-5-2-6-10-13/h12-16H,1-11H2/t15-,16-/m1/s1. The predicted octanol–water partition coefficient (Wildman–Crippen LogP) is 4.65. The van der Waals surface area contributed by atoms with E-state index in [4.69, 9.17) is 9.47 Å². The molecule has 19 heavy (non-hydrogen) atoms. The van der Waals surface area contributed by atoms with Crippen molar-refractivity contribution in [2.45, 2.75) is 82.7 Å². The van der Waals surface area contributed by atoms with Crippen LogP contribution in [-0.4, -0.2) is 23.8 Å². The van der Waals surface area contributed by atoms with Crippen molar-refractivity contribution in [3.8, 4) is 0 Å². The molecule has 0 bridgehead atoms. The number of hydrogen-bond donors (Lipinski definition) is 0. The summed E-state index contributed by atoms with van der Waals surface area (Å²) in [7, 11) is 0. The molecule has 1 heterocycles. The lowest BCUT2D eigenvalue weighted by Gasteiger charge is -2.34. The molecule has 3 rings (SSSR count). The van der Waals surface area contributed by atoms with E-state index < -0.39 is 0 Å². The highest BCUT2D eigenvalue weighted by atomic mass is 79.9. The van der Waals surface area contributed by atoms with E-state index in [1.54, 1.807) is 0 Å². The molecule has 2 atom stereocenters. The topological polar surface area (TPSA) is 18.5 Å². The second-order valence-corrected chi connectivity index (χ2v) is 7.23. The maximum Gasteiger partial charge on any atom is 0.168 e. The molecule has 3 heteroatoms. The molecular formula is C16H27BrO2. The van der Waals surface area contributed by atoms with Gasteiger partial charge in [0.05, 0.1) is 17.5 Å². The molecule has 2 nitrogen and oxygen atoms in total. The van der Waals surface area contributed by atoms with Crippen LogP contribution in [0.4, 0.5) is 0 Å². The minimum absolute atomic E-state index is 0.00106. The van der Waals surface area contributed by atoms with Crippen molar-refractivity contribution in [1.29, 1.82) is 0 Å². The molecule has 0 aromatic carbocycles. The molecule has 1 saturated heterocycles. The fourth-order valence-electron chi connectivity index (χ4n) is 4.29. The van der Waals surface area contributed by atoms with Gasteiger partial charge in [-0.25, -0.2) is 0 Å². The first-order valence-electron chi connectivity index (χ1n) is 8.25. The van der Waals surface area contributed by atoms with Crippen LogP contribution in [0.5, 0.6) is 0 Å². The summed E-state index contributed by atoms with van der Waals surface area (Å²) in [5.41, 5.74) is 0. The zero-order chi connectivity index (χ0) is 13.1. The summed E-state index contributed by atoms with van der Waals surface area (Å²) in [5, 5.41) is 0.819. The number of halogens is 1. The van der Waals surface area contributed by atoms with Gasteiger partial charge in [0.2, 0.25) is 0 Å². The highest BCUT2D eigenvalue weighted by Gasteiger charge is 2.44. The Balaban J connectivity index is 1.67. The van der Waals surface area contributed by atoms with Gasteiger partial charge in [-0.15, -0.1) is 0 Å². The Kier molecular flexibility index (Phi) is 5.21.